The molecule has 0 spiro atoms. The van der Waals surface area contributed by atoms with Crippen LogP contribution in [0.1, 0.15) is 11.8 Å². The maximum absolute atomic E-state index is 5.50. The summed E-state index contributed by atoms with van der Waals surface area (Å²) in [6, 6.07) is 12.4. The number of nitrogens with zero attached hydrogens (tertiary/aromatic N) is 3. The largest absolute Gasteiger partial charge is 0.495 e. The molecule has 2 heterocycles. The zero-order valence-corrected chi connectivity index (χ0v) is 15.8. The predicted molar refractivity (Wildman–Crippen MR) is 106 cm³/mol. The number of aliphatic imine (C=N–C) groups is 1. The number of hydrogen-bond donors (Lipinski definition) is 1. The fourth-order valence-corrected chi connectivity index (χ4v) is 3.66. The number of anilines is 1. The third-order valence-electron chi connectivity index (χ3n) is 4.30. The van der Waals surface area contributed by atoms with E-state index in [1.54, 1.807) is 18.4 Å². The van der Waals surface area contributed by atoms with Crippen molar-refractivity contribution in [1.82, 2.24) is 10.2 Å². The topological polar surface area (TPSA) is 40.1 Å². The number of rotatable bonds is 5. The van der Waals surface area contributed by atoms with E-state index in [1.807, 2.05) is 12.1 Å². The van der Waals surface area contributed by atoms with E-state index in [0.717, 1.165) is 51.0 Å². The molecule has 1 aromatic heterocycles. The van der Waals surface area contributed by atoms with E-state index in [-0.39, 0.29) is 0 Å². The van der Waals surface area contributed by atoms with Gasteiger partial charge in [0, 0.05) is 37.6 Å². The molecule has 6 heteroatoms. The Kier molecular flexibility index (Phi) is 6.17. The van der Waals surface area contributed by atoms with E-state index >= 15 is 0 Å². The molecule has 134 valence electrons. The number of benzene rings is 1. The molecular formula is C19H26N4OS. The molecule has 25 heavy (non-hydrogen) atoms. The Labute approximate surface area is 153 Å². The molecule has 0 bridgehead atoms. The summed E-state index contributed by atoms with van der Waals surface area (Å²) in [7, 11) is 1.73. The summed E-state index contributed by atoms with van der Waals surface area (Å²) in [6.07, 6.45) is 0. The van der Waals surface area contributed by atoms with Gasteiger partial charge in [0.25, 0.3) is 0 Å². The second-order valence-electron chi connectivity index (χ2n) is 5.90. The van der Waals surface area contributed by atoms with Gasteiger partial charge in [-0.3, -0.25) is 0 Å². The predicted octanol–water partition coefficient (Wildman–Crippen LogP) is 3.04. The van der Waals surface area contributed by atoms with Crippen molar-refractivity contribution in [1.29, 1.82) is 0 Å². The lowest BCUT2D eigenvalue weighted by Crippen LogP contribution is -2.52. The first kappa shape index (κ1) is 17.6. The number of guanidine groups is 1. The first-order valence-electron chi connectivity index (χ1n) is 8.75. The summed E-state index contributed by atoms with van der Waals surface area (Å²) >= 11 is 1.76. The number of methoxy groups -OCH3 is 1. The van der Waals surface area contributed by atoms with Crippen LogP contribution in [0.4, 0.5) is 5.69 Å². The minimum atomic E-state index is 0.743. The number of piperazine rings is 1. The van der Waals surface area contributed by atoms with Gasteiger partial charge in [-0.15, -0.1) is 11.3 Å². The normalized spacial score (nSPS) is 15.4. The Balaban J connectivity index is 1.63. The van der Waals surface area contributed by atoms with Gasteiger partial charge >= 0.3 is 0 Å². The number of thiophene rings is 1. The first-order chi connectivity index (χ1) is 12.3. The monoisotopic (exact) mass is 358 g/mol. The van der Waals surface area contributed by atoms with Crippen molar-refractivity contribution in [2.45, 2.75) is 13.5 Å². The Morgan fingerprint density at radius 2 is 1.96 bits per heavy atom. The van der Waals surface area contributed by atoms with Gasteiger partial charge in [-0.05, 0) is 30.5 Å². The second-order valence-corrected chi connectivity index (χ2v) is 6.93. The van der Waals surface area contributed by atoms with Crippen LogP contribution in [0.3, 0.4) is 0 Å². The van der Waals surface area contributed by atoms with Crippen LogP contribution in [-0.4, -0.2) is 50.7 Å². The van der Waals surface area contributed by atoms with Crippen molar-refractivity contribution < 1.29 is 4.74 Å². The Bertz CT molecular complexity index is 678. The molecule has 0 radical (unpaired) electrons. The minimum absolute atomic E-state index is 0.743. The second kappa shape index (κ2) is 8.76. The highest BCUT2D eigenvalue weighted by Gasteiger charge is 2.21. The fraction of sp³-hybridized carbons (Fsp3) is 0.421. The van der Waals surface area contributed by atoms with Crippen molar-refractivity contribution in [2.75, 3.05) is 44.7 Å². The number of nitrogens with one attached hydrogen (secondary N) is 1. The van der Waals surface area contributed by atoms with Crippen LogP contribution in [0.25, 0.3) is 0 Å². The number of para-hydroxylation sites is 2. The molecule has 1 aliphatic heterocycles. The number of hydrogen-bond acceptors (Lipinski definition) is 4. The Morgan fingerprint density at radius 3 is 2.64 bits per heavy atom. The fourth-order valence-electron chi connectivity index (χ4n) is 3.03. The van der Waals surface area contributed by atoms with Crippen molar-refractivity contribution in [3.05, 3.63) is 46.7 Å². The summed E-state index contributed by atoms with van der Waals surface area (Å²) in [5.74, 6) is 1.95. The number of ether oxygens (including phenoxy) is 1. The molecule has 0 saturated carbocycles. The zero-order chi connectivity index (χ0) is 17.5. The van der Waals surface area contributed by atoms with Crippen molar-refractivity contribution in [2.24, 2.45) is 4.99 Å². The standard InChI is InChI=1S/C19H26N4OS/c1-3-20-19(21-15-16-7-6-14-25-16)23-12-10-22(11-13-23)17-8-4-5-9-18(17)24-2/h4-9,14H,3,10-13,15H2,1-2H3,(H,20,21). The van der Waals surface area contributed by atoms with Gasteiger partial charge in [0.15, 0.2) is 5.96 Å². The van der Waals surface area contributed by atoms with Crippen LogP contribution in [0.2, 0.25) is 0 Å². The lowest BCUT2D eigenvalue weighted by Gasteiger charge is -2.38. The highest BCUT2D eigenvalue weighted by Crippen LogP contribution is 2.28. The quantitative estimate of drug-likeness (QED) is 0.659. The molecule has 0 aliphatic carbocycles. The molecule has 3 rings (SSSR count). The summed E-state index contributed by atoms with van der Waals surface area (Å²) in [4.78, 5) is 10.8. The Morgan fingerprint density at radius 1 is 1.16 bits per heavy atom. The molecule has 5 nitrogen and oxygen atoms in total. The molecule has 1 aromatic carbocycles. The molecule has 1 saturated heterocycles. The summed E-state index contributed by atoms with van der Waals surface area (Å²) in [5, 5.41) is 5.53. The van der Waals surface area contributed by atoms with E-state index in [0.29, 0.717) is 0 Å². The molecule has 0 amide bonds. The van der Waals surface area contributed by atoms with Gasteiger partial charge in [-0.1, -0.05) is 18.2 Å². The summed E-state index contributed by atoms with van der Waals surface area (Å²) in [6.45, 7) is 7.57. The SMILES string of the molecule is CCNC(=NCc1cccs1)N1CCN(c2ccccc2OC)CC1. The van der Waals surface area contributed by atoms with Gasteiger partial charge in [0.05, 0.1) is 19.3 Å². The van der Waals surface area contributed by atoms with Crippen LogP contribution in [0.5, 0.6) is 5.75 Å². The Hall–Kier alpha value is -2.21. The highest BCUT2D eigenvalue weighted by molar-refractivity contribution is 7.09. The smallest absolute Gasteiger partial charge is 0.194 e. The van der Waals surface area contributed by atoms with Crippen molar-refractivity contribution in [3.63, 3.8) is 0 Å². The summed E-state index contributed by atoms with van der Waals surface area (Å²) in [5.41, 5.74) is 1.17. The lowest BCUT2D eigenvalue weighted by molar-refractivity contribution is 0.367. The average Bonchev–Trinajstić information content (AvgIpc) is 3.19. The zero-order valence-electron chi connectivity index (χ0n) is 14.9. The van der Waals surface area contributed by atoms with Gasteiger partial charge in [0.2, 0.25) is 0 Å². The molecule has 1 fully saturated rings. The van der Waals surface area contributed by atoms with Crippen LogP contribution in [0, 0.1) is 0 Å². The van der Waals surface area contributed by atoms with E-state index in [4.69, 9.17) is 9.73 Å². The molecule has 2 aromatic rings. The summed E-state index contributed by atoms with van der Waals surface area (Å²) < 4.78 is 5.50. The van der Waals surface area contributed by atoms with E-state index in [2.05, 4.69) is 51.7 Å². The van der Waals surface area contributed by atoms with Crippen LogP contribution in [-0.2, 0) is 6.54 Å². The molecule has 0 atom stereocenters. The third kappa shape index (κ3) is 4.45. The third-order valence-corrected chi connectivity index (χ3v) is 5.17. The van der Waals surface area contributed by atoms with Gasteiger partial charge < -0.3 is 19.9 Å². The molecule has 0 unspecified atom stereocenters. The maximum Gasteiger partial charge on any atom is 0.194 e. The van der Waals surface area contributed by atoms with Gasteiger partial charge in [-0.2, -0.15) is 0 Å². The minimum Gasteiger partial charge on any atom is -0.495 e. The van der Waals surface area contributed by atoms with Gasteiger partial charge in [-0.25, -0.2) is 4.99 Å². The van der Waals surface area contributed by atoms with Crippen molar-refractivity contribution in [3.8, 4) is 5.75 Å². The van der Waals surface area contributed by atoms with Crippen LogP contribution in [0.15, 0.2) is 46.8 Å². The molecule has 1 aliphatic rings. The molecular weight excluding hydrogens is 332 g/mol. The maximum atomic E-state index is 5.50. The molecule has 1 N–H and O–H groups in total. The van der Waals surface area contributed by atoms with Crippen LogP contribution < -0.4 is 15.0 Å². The van der Waals surface area contributed by atoms with E-state index < -0.39 is 0 Å². The van der Waals surface area contributed by atoms with E-state index in [1.165, 1.54) is 10.6 Å². The highest BCUT2D eigenvalue weighted by atomic mass is 32.1. The van der Waals surface area contributed by atoms with Crippen molar-refractivity contribution >= 4 is 23.0 Å². The van der Waals surface area contributed by atoms with E-state index in [9.17, 15) is 0 Å². The van der Waals surface area contributed by atoms with Gasteiger partial charge in [0.1, 0.15) is 5.75 Å². The average molecular weight is 359 g/mol. The van der Waals surface area contributed by atoms with Crippen LogP contribution >= 0.6 is 11.3 Å². The lowest BCUT2D eigenvalue weighted by atomic mass is 10.2. The first-order valence-corrected chi connectivity index (χ1v) is 9.63.